The van der Waals surface area contributed by atoms with Crippen molar-refractivity contribution in [2.75, 3.05) is 239 Å². The zero-order valence-corrected chi connectivity index (χ0v) is 35.8. The van der Waals surface area contributed by atoms with Gasteiger partial charge in [-0.1, -0.05) is 0 Å². The van der Waals surface area contributed by atoms with E-state index in [0.717, 1.165) is 0 Å². The third kappa shape index (κ3) is 44.8. The van der Waals surface area contributed by atoms with Crippen molar-refractivity contribution < 1.29 is 90.7 Å². The summed E-state index contributed by atoms with van der Waals surface area (Å²) in [5.41, 5.74) is -0.408. The quantitative estimate of drug-likeness (QED) is 0.0791. The predicted octanol–water partition coefficient (Wildman–Crippen LogP) is 0.279. The second-order valence-electron chi connectivity index (χ2n) is 12.5. The highest BCUT2D eigenvalue weighted by Crippen LogP contribution is 2.28. The van der Waals surface area contributed by atoms with Crippen molar-refractivity contribution in [1.29, 1.82) is 0 Å². The first-order chi connectivity index (χ1) is 28.7. The molecule has 0 heterocycles. The second-order valence-corrected chi connectivity index (χ2v) is 12.5. The Morgan fingerprint density at radius 1 is 0.241 bits per heavy atom. The summed E-state index contributed by atoms with van der Waals surface area (Å²) < 4.78 is 94.7. The van der Waals surface area contributed by atoms with E-state index in [-0.39, 0.29) is 13.2 Å². The van der Waals surface area contributed by atoms with Crippen molar-refractivity contribution in [1.82, 2.24) is 0 Å². The van der Waals surface area contributed by atoms with E-state index in [0.29, 0.717) is 224 Å². The van der Waals surface area contributed by atoms with Crippen molar-refractivity contribution in [2.45, 2.75) is 12.8 Å². The number of hydrogen-bond donors (Lipinski definition) is 2. The normalized spacial score (nSPS) is 12.0. The maximum absolute atomic E-state index is 8.75. The van der Waals surface area contributed by atoms with Crippen molar-refractivity contribution in [3.63, 3.8) is 0 Å². The third-order valence-corrected chi connectivity index (χ3v) is 7.80. The molecule has 0 saturated heterocycles. The molecular weight excluding hydrogens is 772 g/mol. The van der Waals surface area contributed by atoms with Gasteiger partial charge in [0, 0.05) is 32.8 Å². The summed E-state index contributed by atoms with van der Waals surface area (Å²) in [4.78, 5) is 0. The largest absolute Gasteiger partial charge is 0.394 e. The van der Waals surface area contributed by atoms with Crippen LogP contribution in [0.15, 0.2) is 0 Å². The Morgan fingerprint density at radius 2 is 0.431 bits per heavy atom. The van der Waals surface area contributed by atoms with Gasteiger partial charge in [0.2, 0.25) is 0 Å². The zero-order valence-electron chi connectivity index (χ0n) is 35.8. The van der Waals surface area contributed by atoms with Crippen molar-refractivity contribution in [3.05, 3.63) is 0 Å². The molecule has 0 atom stereocenters. The lowest BCUT2D eigenvalue weighted by Gasteiger charge is -2.33. The van der Waals surface area contributed by atoms with Crippen LogP contribution >= 0.6 is 0 Å². The molecule has 0 aliphatic rings. The Hall–Kier alpha value is -0.760. The van der Waals surface area contributed by atoms with E-state index in [1.807, 2.05) is 0 Å². The Bertz CT molecular complexity index is 671. The summed E-state index contributed by atoms with van der Waals surface area (Å²) in [5.74, 6) is 0. The van der Waals surface area contributed by atoms with Crippen LogP contribution in [0.1, 0.15) is 12.8 Å². The lowest BCUT2D eigenvalue weighted by Crippen LogP contribution is -2.36. The topological polar surface area (TPSA) is 197 Å². The minimum atomic E-state index is -0.408. The third-order valence-electron chi connectivity index (χ3n) is 7.80. The molecule has 2 N–H and O–H groups in total. The van der Waals surface area contributed by atoms with Crippen LogP contribution in [-0.2, 0) is 80.5 Å². The van der Waals surface area contributed by atoms with Crippen LogP contribution in [0.4, 0.5) is 0 Å². The van der Waals surface area contributed by atoms with Crippen LogP contribution in [-0.4, -0.2) is 249 Å². The molecule has 0 aromatic rings. The fourth-order valence-electron chi connectivity index (χ4n) is 4.65. The van der Waals surface area contributed by atoms with E-state index in [4.69, 9.17) is 90.7 Å². The summed E-state index contributed by atoms with van der Waals surface area (Å²) >= 11 is 0. The van der Waals surface area contributed by atoms with Gasteiger partial charge in [-0.25, -0.2) is 0 Å². The van der Waals surface area contributed by atoms with Crippen LogP contribution < -0.4 is 0 Å². The number of hydrogen-bond acceptors (Lipinski definition) is 19. The summed E-state index contributed by atoms with van der Waals surface area (Å²) in [6.45, 7) is 14.4. The van der Waals surface area contributed by atoms with Crippen LogP contribution in [0, 0.1) is 5.41 Å². The lowest BCUT2D eigenvalue weighted by atomic mass is 9.83. The van der Waals surface area contributed by atoms with Gasteiger partial charge in [0.05, 0.1) is 211 Å². The molecule has 0 unspecified atom stereocenters. The number of ether oxygens (including phenoxy) is 17. The molecule has 0 amide bonds. The molecular formula is C39H80O19. The van der Waals surface area contributed by atoms with E-state index in [9.17, 15) is 0 Å². The highest BCUT2D eigenvalue weighted by molar-refractivity contribution is 4.80. The molecule has 0 radical (unpaired) electrons. The van der Waals surface area contributed by atoms with Crippen LogP contribution in [0.3, 0.4) is 0 Å². The fraction of sp³-hybridized carbons (Fsp3) is 1.00. The van der Waals surface area contributed by atoms with Gasteiger partial charge in [0.15, 0.2) is 0 Å². The number of aliphatic hydroxyl groups excluding tert-OH is 2. The van der Waals surface area contributed by atoms with Crippen molar-refractivity contribution in [3.8, 4) is 0 Å². The lowest BCUT2D eigenvalue weighted by molar-refractivity contribution is -0.0792. The Morgan fingerprint density at radius 3 is 0.655 bits per heavy atom. The molecule has 0 aliphatic heterocycles. The van der Waals surface area contributed by atoms with Gasteiger partial charge < -0.3 is 90.7 Å². The predicted molar refractivity (Wildman–Crippen MR) is 212 cm³/mol. The molecule has 0 aromatic carbocycles. The van der Waals surface area contributed by atoms with Crippen molar-refractivity contribution >= 4 is 0 Å². The minimum Gasteiger partial charge on any atom is -0.394 e. The van der Waals surface area contributed by atoms with Gasteiger partial charge in [-0.3, -0.25) is 0 Å². The van der Waals surface area contributed by atoms with Gasteiger partial charge in [0.1, 0.15) is 0 Å². The average Bonchev–Trinajstić information content (AvgIpc) is 3.23. The summed E-state index contributed by atoms with van der Waals surface area (Å²) in [6, 6.07) is 0. The molecule has 0 aromatic heterocycles. The molecule has 19 heteroatoms. The minimum absolute atomic E-state index is 0.00311. The zero-order chi connectivity index (χ0) is 42.0. The van der Waals surface area contributed by atoms with Gasteiger partial charge in [-0.2, -0.15) is 0 Å². The number of rotatable bonds is 53. The van der Waals surface area contributed by atoms with Crippen LogP contribution in [0.2, 0.25) is 0 Å². The molecule has 0 saturated carbocycles. The maximum Gasteiger partial charge on any atom is 0.0701 e. The second kappa shape index (κ2) is 50.6. The Balaban J connectivity index is 4.89. The van der Waals surface area contributed by atoms with Gasteiger partial charge >= 0.3 is 0 Å². The smallest absolute Gasteiger partial charge is 0.0701 e. The first-order valence-electron chi connectivity index (χ1n) is 20.6. The first kappa shape index (κ1) is 57.2. The van der Waals surface area contributed by atoms with Crippen LogP contribution in [0.5, 0.6) is 0 Å². The number of methoxy groups -OCH3 is 2. The molecule has 0 fully saturated rings. The van der Waals surface area contributed by atoms with E-state index in [1.165, 1.54) is 0 Å². The molecule has 19 nitrogen and oxygen atoms in total. The molecule has 0 bridgehead atoms. The monoisotopic (exact) mass is 853 g/mol. The van der Waals surface area contributed by atoms with E-state index >= 15 is 0 Å². The fourth-order valence-corrected chi connectivity index (χ4v) is 4.65. The molecule has 58 heavy (non-hydrogen) atoms. The van der Waals surface area contributed by atoms with Gasteiger partial charge in [-0.15, -0.1) is 0 Å². The standard InChI is InChI=1S/C39H80O19/c1-42-11-13-48-23-25-54-31-32-56-34-36-58-38-39(37-57-35-33-55-26-24-49-14-12-43-2,3-7-44-15-19-50-27-29-52-21-17-46-9-5-40)4-8-45-16-20-51-28-30-53-22-18-47-10-6-41/h40-41H,3-38H2,1-2H3. The Kier molecular flexibility index (Phi) is 49.9. The highest BCUT2D eigenvalue weighted by atomic mass is 16.6. The maximum atomic E-state index is 8.75. The van der Waals surface area contributed by atoms with Gasteiger partial charge in [-0.05, 0) is 12.8 Å². The van der Waals surface area contributed by atoms with Crippen LogP contribution in [0.25, 0.3) is 0 Å². The molecule has 0 spiro atoms. The highest BCUT2D eigenvalue weighted by Gasteiger charge is 2.31. The summed E-state index contributed by atoms with van der Waals surface area (Å²) in [6.07, 6.45) is 1.33. The summed E-state index contributed by atoms with van der Waals surface area (Å²) in [5, 5.41) is 17.5. The Labute approximate surface area is 347 Å². The molecule has 0 aliphatic carbocycles. The van der Waals surface area contributed by atoms with E-state index in [1.54, 1.807) is 14.2 Å². The summed E-state index contributed by atoms with van der Waals surface area (Å²) in [7, 11) is 3.28. The average molecular weight is 853 g/mol. The first-order valence-corrected chi connectivity index (χ1v) is 20.6. The van der Waals surface area contributed by atoms with Gasteiger partial charge in [0.25, 0.3) is 0 Å². The van der Waals surface area contributed by atoms with E-state index in [2.05, 4.69) is 0 Å². The van der Waals surface area contributed by atoms with E-state index < -0.39 is 5.41 Å². The SMILES string of the molecule is COCCOCCOCCOCCOCC(CCOCCOCCOCCOCCO)(CCOCCOCCOCCOCCO)COCCOCCOCCOC. The molecule has 350 valence electrons. The molecule has 0 rings (SSSR count). The van der Waals surface area contributed by atoms with Crippen molar-refractivity contribution in [2.24, 2.45) is 5.41 Å². The number of aliphatic hydroxyl groups is 2.